The van der Waals surface area contributed by atoms with Gasteiger partial charge >= 0.3 is 6.03 Å². The average Bonchev–Trinajstić information content (AvgIpc) is 2.27. The summed E-state index contributed by atoms with van der Waals surface area (Å²) in [7, 11) is 0. The molecule has 1 aromatic carbocycles. The van der Waals surface area contributed by atoms with E-state index in [1.165, 1.54) is 0 Å². The van der Waals surface area contributed by atoms with E-state index in [1.807, 2.05) is 37.3 Å². The van der Waals surface area contributed by atoms with Gasteiger partial charge in [-0.05, 0) is 12.5 Å². The lowest BCUT2D eigenvalue weighted by Gasteiger charge is -2.14. The summed E-state index contributed by atoms with van der Waals surface area (Å²) in [4.78, 5) is 11.2. The van der Waals surface area contributed by atoms with Crippen molar-refractivity contribution in [3.05, 3.63) is 35.9 Å². The van der Waals surface area contributed by atoms with Crippen LogP contribution in [0.3, 0.4) is 0 Å². The highest BCUT2D eigenvalue weighted by Crippen LogP contribution is 2.10. The number of alkyl halides is 1. The molecular weight excluding hydrogens is 195 g/mol. The molecule has 4 heteroatoms. The second kappa shape index (κ2) is 6.01. The van der Waals surface area contributed by atoms with E-state index >= 15 is 0 Å². The zero-order valence-electron chi connectivity index (χ0n) is 8.66. The maximum atomic E-state index is 11.8. The van der Waals surface area contributed by atoms with Gasteiger partial charge in [0.2, 0.25) is 0 Å². The first-order valence-electron chi connectivity index (χ1n) is 4.89. The number of hydrogen-bond acceptors (Lipinski definition) is 1. The molecule has 0 saturated heterocycles. The highest BCUT2D eigenvalue weighted by Gasteiger charge is 2.07. The Hall–Kier alpha value is -1.58. The number of hydrogen-bond donors (Lipinski definition) is 2. The largest absolute Gasteiger partial charge is 0.336 e. The second-order valence-electron chi connectivity index (χ2n) is 3.22. The first-order chi connectivity index (χ1) is 7.24. The number of amides is 2. The molecule has 0 unspecified atom stereocenters. The molecule has 0 aromatic heterocycles. The number of rotatable bonds is 4. The van der Waals surface area contributed by atoms with Crippen molar-refractivity contribution in [3.63, 3.8) is 0 Å². The minimum atomic E-state index is -0.548. The van der Waals surface area contributed by atoms with Gasteiger partial charge in [0.25, 0.3) is 0 Å². The van der Waals surface area contributed by atoms with E-state index in [0.29, 0.717) is 0 Å². The third-order valence-electron chi connectivity index (χ3n) is 2.03. The van der Waals surface area contributed by atoms with Crippen LogP contribution in [0.5, 0.6) is 0 Å². The minimum absolute atomic E-state index is 0.0490. The third kappa shape index (κ3) is 3.97. The normalized spacial score (nSPS) is 11.9. The summed E-state index contributed by atoms with van der Waals surface area (Å²) in [6, 6.07) is 9.18. The lowest BCUT2D eigenvalue weighted by molar-refractivity contribution is 0.237. The summed E-state index contributed by atoms with van der Waals surface area (Å²) >= 11 is 0. The van der Waals surface area contributed by atoms with E-state index in [-0.39, 0.29) is 18.6 Å². The fourth-order valence-electron chi connectivity index (χ4n) is 1.23. The van der Waals surface area contributed by atoms with Gasteiger partial charge in [-0.2, -0.15) is 0 Å². The molecule has 0 aliphatic heterocycles. The fourth-order valence-corrected chi connectivity index (χ4v) is 1.23. The van der Waals surface area contributed by atoms with Gasteiger partial charge < -0.3 is 10.6 Å². The van der Waals surface area contributed by atoms with E-state index in [1.54, 1.807) is 0 Å². The summed E-state index contributed by atoms with van der Waals surface area (Å²) in [5.74, 6) is 0. The molecule has 3 nitrogen and oxygen atoms in total. The molecule has 0 heterocycles. The Balaban J connectivity index is 2.42. The Morgan fingerprint density at radius 1 is 1.40 bits per heavy atom. The van der Waals surface area contributed by atoms with Gasteiger partial charge in [0, 0.05) is 6.54 Å². The molecule has 82 valence electrons. The number of carbonyl (C=O) groups excluding carboxylic acids is 1. The second-order valence-corrected chi connectivity index (χ2v) is 3.22. The van der Waals surface area contributed by atoms with E-state index < -0.39 is 6.67 Å². The third-order valence-corrected chi connectivity index (χ3v) is 2.03. The van der Waals surface area contributed by atoms with Crippen molar-refractivity contribution in [1.82, 2.24) is 10.6 Å². The standard InChI is InChI=1S/C11H15FN2O/c1-9(10-5-3-2-4-6-10)14-11(15)13-8-7-12/h2-6,9H,7-8H2,1H3,(H2,13,14,15)/t9-/m0/s1. The van der Waals surface area contributed by atoms with Crippen LogP contribution >= 0.6 is 0 Å². The molecular formula is C11H15FN2O. The van der Waals surface area contributed by atoms with Crippen LogP contribution in [-0.4, -0.2) is 19.3 Å². The van der Waals surface area contributed by atoms with Crippen LogP contribution in [0.15, 0.2) is 30.3 Å². The molecule has 2 amide bonds. The highest BCUT2D eigenvalue weighted by molar-refractivity contribution is 5.74. The SMILES string of the molecule is C[C@H](NC(=O)NCCF)c1ccccc1. The predicted octanol–water partition coefficient (Wildman–Crippen LogP) is 2.02. The lowest BCUT2D eigenvalue weighted by atomic mass is 10.1. The number of benzene rings is 1. The molecule has 1 atom stereocenters. The van der Waals surface area contributed by atoms with Gasteiger partial charge in [0.15, 0.2) is 0 Å². The topological polar surface area (TPSA) is 41.1 Å². The molecule has 0 aliphatic carbocycles. The van der Waals surface area contributed by atoms with Crippen molar-refractivity contribution in [2.75, 3.05) is 13.2 Å². The van der Waals surface area contributed by atoms with Gasteiger partial charge in [0.1, 0.15) is 6.67 Å². The van der Waals surface area contributed by atoms with E-state index in [9.17, 15) is 9.18 Å². The van der Waals surface area contributed by atoms with Crippen molar-refractivity contribution in [2.45, 2.75) is 13.0 Å². The average molecular weight is 210 g/mol. The zero-order valence-corrected chi connectivity index (χ0v) is 8.66. The van der Waals surface area contributed by atoms with Crippen LogP contribution in [0, 0.1) is 0 Å². The van der Waals surface area contributed by atoms with Crippen molar-refractivity contribution in [2.24, 2.45) is 0 Å². The van der Waals surface area contributed by atoms with Crippen LogP contribution < -0.4 is 10.6 Å². The quantitative estimate of drug-likeness (QED) is 0.784. The molecule has 0 spiro atoms. The minimum Gasteiger partial charge on any atom is -0.336 e. The molecule has 0 aliphatic rings. The van der Waals surface area contributed by atoms with Gasteiger partial charge in [-0.1, -0.05) is 30.3 Å². The van der Waals surface area contributed by atoms with Crippen LogP contribution in [0.4, 0.5) is 9.18 Å². The van der Waals surface area contributed by atoms with Crippen LogP contribution in [0.25, 0.3) is 0 Å². The van der Waals surface area contributed by atoms with Gasteiger partial charge in [-0.15, -0.1) is 0 Å². The van der Waals surface area contributed by atoms with Crippen molar-refractivity contribution < 1.29 is 9.18 Å². The molecule has 0 saturated carbocycles. The number of carbonyl (C=O) groups is 1. The molecule has 0 fully saturated rings. The maximum absolute atomic E-state index is 11.8. The monoisotopic (exact) mass is 210 g/mol. The van der Waals surface area contributed by atoms with Crippen LogP contribution in [-0.2, 0) is 0 Å². The molecule has 1 aromatic rings. The first-order valence-corrected chi connectivity index (χ1v) is 4.89. The van der Waals surface area contributed by atoms with E-state index in [0.717, 1.165) is 5.56 Å². The summed E-state index contributed by atoms with van der Waals surface area (Å²) in [5.41, 5.74) is 1.02. The Bertz CT molecular complexity index is 303. The fraction of sp³-hybridized carbons (Fsp3) is 0.364. The molecule has 1 rings (SSSR count). The molecule has 0 bridgehead atoms. The lowest BCUT2D eigenvalue weighted by Crippen LogP contribution is -2.37. The zero-order chi connectivity index (χ0) is 11.1. The summed E-state index contributed by atoms with van der Waals surface area (Å²) in [6.45, 7) is 1.38. The Kier molecular flexibility index (Phi) is 4.60. The number of urea groups is 1. The Morgan fingerprint density at radius 2 is 2.07 bits per heavy atom. The van der Waals surface area contributed by atoms with E-state index in [4.69, 9.17) is 0 Å². The highest BCUT2D eigenvalue weighted by atomic mass is 19.1. The van der Waals surface area contributed by atoms with Crippen molar-refractivity contribution >= 4 is 6.03 Å². The smallest absolute Gasteiger partial charge is 0.315 e. The number of halogens is 1. The van der Waals surface area contributed by atoms with Crippen molar-refractivity contribution in [3.8, 4) is 0 Å². The maximum Gasteiger partial charge on any atom is 0.315 e. The summed E-state index contributed by atoms with van der Waals surface area (Å²) in [5, 5.41) is 5.12. The molecule has 15 heavy (non-hydrogen) atoms. The number of nitrogens with one attached hydrogen (secondary N) is 2. The Labute approximate surface area is 88.7 Å². The molecule has 2 N–H and O–H groups in total. The van der Waals surface area contributed by atoms with Gasteiger partial charge in [-0.25, -0.2) is 9.18 Å². The Morgan fingerprint density at radius 3 is 2.67 bits per heavy atom. The summed E-state index contributed by atoms with van der Waals surface area (Å²) < 4.78 is 11.8. The van der Waals surface area contributed by atoms with Crippen LogP contribution in [0.1, 0.15) is 18.5 Å². The van der Waals surface area contributed by atoms with Gasteiger partial charge in [-0.3, -0.25) is 0 Å². The molecule has 0 radical (unpaired) electrons. The van der Waals surface area contributed by atoms with Crippen LogP contribution in [0.2, 0.25) is 0 Å². The van der Waals surface area contributed by atoms with E-state index in [2.05, 4.69) is 10.6 Å². The van der Waals surface area contributed by atoms with Crippen molar-refractivity contribution in [1.29, 1.82) is 0 Å². The predicted molar refractivity (Wildman–Crippen MR) is 57.4 cm³/mol. The van der Waals surface area contributed by atoms with Gasteiger partial charge in [0.05, 0.1) is 6.04 Å². The first kappa shape index (κ1) is 11.5. The summed E-state index contributed by atoms with van der Waals surface area (Å²) in [6.07, 6.45) is 0.